The minimum Gasteiger partial charge on any atom is -0.383 e. The minimum absolute atomic E-state index is 0.0271. The van der Waals surface area contributed by atoms with Crippen LogP contribution >= 0.6 is 11.8 Å². The summed E-state index contributed by atoms with van der Waals surface area (Å²) in [5, 5.41) is 2.35. The summed E-state index contributed by atoms with van der Waals surface area (Å²) in [7, 11) is 0. The molecule has 0 fully saturated rings. The van der Waals surface area contributed by atoms with E-state index in [9.17, 15) is 14.4 Å². The van der Waals surface area contributed by atoms with Crippen LogP contribution in [0.15, 0.2) is 58.4 Å². The normalized spacial score (nSPS) is 18.3. The second-order valence-corrected chi connectivity index (χ2v) is 7.36. The Morgan fingerprint density at radius 2 is 1.96 bits per heavy atom. The molecule has 2 aromatic rings. The number of aryl methyl sites for hydroxylation is 1. The molecule has 0 radical (unpaired) electrons. The zero-order valence-electron chi connectivity index (χ0n) is 14.9. The van der Waals surface area contributed by atoms with Crippen molar-refractivity contribution in [3.63, 3.8) is 0 Å². The number of carbonyl (C=O) groups is 3. The number of nitrogens with zero attached hydrogens (tertiary/aromatic N) is 2. The number of thioether (sulfide) groups is 1. The molecular weight excluding hydrogens is 376 g/mol. The predicted octanol–water partition coefficient (Wildman–Crippen LogP) is 2.92. The summed E-state index contributed by atoms with van der Waals surface area (Å²) in [5.41, 5.74) is 9.05. The van der Waals surface area contributed by atoms with Crippen LogP contribution in [-0.4, -0.2) is 29.4 Å². The first kappa shape index (κ1) is 18.0. The number of aliphatic imine (C=N–C) groups is 1. The lowest BCUT2D eigenvalue weighted by Crippen LogP contribution is -2.35. The van der Waals surface area contributed by atoms with Crippen LogP contribution in [0.1, 0.15) is 11.1 Å². The summed E-state index contributed by atoms with van der Waals surface area (Å²) in [6, 6.07) is 14.5. The van der Waals surface area contributed by atoms with Gasteiger partial charge in [0.25, 0.3) is 5.91 Å². The van der Waals surface area contributed by atoms with Gasteiger partial charge in [0.1, 0.15) is 12.4 Å². The topological polar surface area (TPSA) is 105 Å². The molecule has 3 amide bonds. The smallest absolute Gasteiger partial charge is 0.311 e. The number of amides is 3. The van der Waals surface area contributed by atoms with Crippen LogP contribution in [0.25, 0.3) is 5.57 Å². The number of nitrogens with one attached hydrogen (secondary N) is 1. The third-order valence-corrected chi connectivity index (χ3v) is 5.27. The number of para-hydroxylation sites is 1. The van der Waals surface area contributed by atoms with Gasteiger partial charge in [0.2, 0.25) is 5.91 Å². The molecule has 0 saturated heterocycles. The van der Waals surface area contributed by atoms with Gasteiger partial charge in [-0.15, -0.1) is 0 Å². The Kier molecular flexibility index (Phi) is 4.48. The molecule has 2 heterocycles. The number of benzene rings is 2. The maximum atomic E-state index is 13.1. The van der Waals surface area contributed by atoms with Gasteiger partial charge in [-0.05, 0) is 42.4 Å². The van der Waals surface area contributed by atoms with E-state index in [1.165, 1.54) is 4.90 Å². The standard InChI is InChI=1S/C20H16N4O3S/c1-11-5-4-6-12(9-11)22-15(25)10-24-14-8-3-2-7-13(14)16(19(24)26)17-18(21)23-20(27)28-17/h2-9H,10H2,1H3,(H,22,25)(H2,21,23,27)/b17-16+. The molecule has 4 rings (SSSR count). The van der Waals surface area contributed by atoms with E-state index in [0.717, 1.165) is 17.3 Å². The van der Waals surface area contributed by atoms with E-state index in [2.05, 4.69) is 10.3 Å². The van der Waals surface area contributed by atoms with E-state index in [1.54, 1.807) is 30.3 Å². The summed E-state index contributed by atoms with van der Waals surface area (Å²) >= 11 is 0.827. The largest absolute Gasteiger partial charge is 0.383 e. The Morgan fingerprint density at radius 3 is 2.68 bits per heavy atom. The molecule has 140 valence electrons. The molecule has 0 atom stereocenters. The van der Waals surface area contributed by atoms with E-state index in [4.69, 9.17) is 5.73 Å². The summed E-state index contributed by atoms with van der Waals surface area (Å²) in [4.78, 5) is 42.7. The minimum atomic E-state index is -0.457. The first-order valence-corrected chi connectivity index (χ1v) is 9.34. The number of hydrogen-bond acceptors (Lipinski definition) is 5. The number of hydrogen-bond donors (Lipinski definition) is 2. The quantitative estimate of drug-likeness (QED) is 0.782. The van der Waals surface area contributed by atoms with Crippen LogP contribution in [0.3, 0.4) is 0 Å². The van der Waals surface area contributed by atoms with Gasteiger partial charge >= 0.3 is 5.24 Å². The molecule has 2 aromatic carbocycles. The molecule has 0 unspecified atom stereocenters. The highest BCUT2D eigenvalue weighted by molar-refractivity contribution is 8.18. The number of rotatable bonds is 3. The fraction of sp³-hybridized carbons (Fsp3) is 0.100. The Hall–Kier alpha value is -3.39. The van der Waals surface area contributed by atoms with Crippen LogP contribution in [0.5, 0.6) is 0 Å². The molecule has 0 bridgehead atoms. The van der Waals surface area contributed by atoms with E-state index < -0.39 is 5.24 Å². The van der Waals surface area contributed by atoms with Crippen LogP contribution < -0.4 is 16.0 Å². The summed E-state index contributed by atoms with van der Waals surface area (Å²) in [6.07, 6.45) is 0. The Bertz CT molecular complexity index is 1090. The monoisotopic (exact) mass is 392 g/mol. The SMILES string of the molecule is Cc1cccc(NC(=O)CN2C(=O)/C(=C3/SC(=O)N=C3N)c3ccccc32)c1. The van der Waals surface area contributed by atoms with Gasteiger partial charge in [-0.1, -0.05) is 30.3 Å². The first-order chi connectivity index (χ1) is 13.4. The molecule has 0 saturated carbocycles. The van der Waals surface area contributed by atoms with Crippen LogP contribution in [-0.2, 0) is 9.59 Å². The second-order valence-electron chi connectivity index (χ2n) is 6.40. The fourth-order valence-electron chi connectivity index (χ4n) is 3.21. The lowest BCUT2D eigenvalue weighted by molar-refractivity contribution is -0.118. The van der Waals surface area contributed by atoms with Crippen molar-refractivity contribution in [2.45, 2.75) is 6.92 Å². The molecular formula is C20H16N4O3S. The Balaban J connectivity index is 1.65. The Labute approximate surface area is 165 Å². The highest BCUT2D eigenvalue weighted by atomic mass is 32.2. The molecule has 28 heavy (non-hydrogen) atoms. The van der Waals surface area contributed by atoms with E-state index in [1.807, 2.05) is 25.1 Å². The lowest BCUT2D eigenvalue weighted by atomic mass is 10.1. The zero-order chi connectivity index (χ0) is 19.8. The zero-order valence-corrected chi connectivity index (χ0v) is 15.7. The second kappa shape index (κ2) is 6.97. The van der Waals surface area contributed by atoms with E-state index in [-0.39, 0.29) is 24.2 Å². The van der Waals surface area contributed by atoms with Gasteiger partial charge in [0, 0.05) is 11.3 Å². The van der Waals surface area contributed by atoms with Crippen molar-refractivity contribution in [3.8, 4) is 0 Å². The van der Waals surface area contributed by atoms with Gasteiger partial charge in [0.05, 0.1) is 16.2 Å². The number of nitrogens with two attached hydrogens (primary N) is 1. The van der Waals surface area contributed by atoms with Crippen molar-refractivity contribution in [2.75, 3.05) is 16.8 Å². The van der Waals surface area contributed by atoms with Crippen molar-refractivity contribution < 1.29 is 14.4 Å². The molecule has 7 nitrogen and oxygen atoms in total. The van der Waals surface area contributed by atoms with Crippen LogP contribution in [0, 0.1) is 6.92 Å². The van der Waals surface area contributed by atoms with Crippen LogP contribution in [0.4, 0.5) is 16.2 Å². The number of carbonyl (C=O) groups excluding carboxylic acids is 3. The average Bonchev–Trinajstić information content (AvgIpc) is 3.11. The van der Waals surface area contributed by atoms with Gasteiger partial charge in [-0.25, -0.2) is 0 Å². The van der Waals surface area contributed by atoms with Crippen molar-refractivity contribution in [3.05, 3.63) is 64.6 Å². The van der Waals surface area contributed by atoms with E-state index >= 15 is 0 Å². The van der Waals surface area contributed by atoms with E-state index in [0.29, 0.717) is 27.4 Å². The average molecular weight is 392 g/mol. The number of anilines is 2. The molecule has 0 aliphatic carbocycles. The van der Waals surface area contributed by atoms with Crippen molar-refractivity contribution in [1.82, 2.24) is 0 Å². The molecule has 2 aliphatic heterocycles. The maximum Gasteiger partial charge on any atom is 0.311 e. The van der Waals surface area contributed by atoms with Gasteiger partial charge in [-0.2, -0.15) is 4.99 Å². The third-order valence-electron chi connectivity index (χ3n) is 4.39. The van der Waals surface area contributed by atoms with Crippen molar-refractivity contribution in [1.29, 1.82) is 0 Å². The van der Waals surface area contributed by atoms with Crippen LogP contribution in [0.2, 0.25) is 0 Å². The maximum absolute atomic E-state index is 13.1. The molecule has 2 aliphatic rings. The number of amidine groups is 1. The fourth-order valence-corrected chi connectivity index (χ4v) is 3.98. The van der Waals surface area contributed by atoms with Gasteiger partial charge < -0.3 is 11.1 Å². The number of fused-ring (bicyclic) bond motifs is 1. The van der Waals surface area contributed by atoms with Gasteiger partial charge in [-0.3, -0.25) is 19.3 Å². The van der Waals surface area contributed by atoms with Gasteiger partial charge in [0.15, 0.2) is 0 Å². The summed E-state index contributed by atoms with van der Waals surface area (Å²) < 4.78 is 0. The molecule has 0 spiro atoms. The Morgan fingerprint density at radius 1 is 1.18 bits per heavy atom. The molecule has 8 heteroatoms. The lowest BCUT2D eigenvalue weighted by Gasteiger charge is -2.17. The van der Waals surface area contributed by atoms with Crippen molar-refractivity contribution in [2.24, 2.45) is 10.7 Å². The molecule has 0 aromatic heterocycles. The van der Waals surface area contributed by atoms with Crippen molar-refractivity contribution >= 4 is 51.6 Å². The summed E-state index contributed by atoms with van der Waals surface area (Å²) in [6.45, 7) is 1.77. The molecule has 3 N–H and O–H groups in total. The highest BCUT2D eigenvalue weighted by Gasteiger charge is 2.38. The summed E-state index contributed by atoms with van der Waals surface area (Å²) in [5.74, 6) is -0.674. The first-order valence-electron chi connectivity index (χ1n) is 8.52. The third kappa shape index (κ3) is 3.18. The highest BCUT2D eigenvalue weighted by Crippen LogP contribution is 2.42. The predicted molar refractivity (Wildman–Crippen MR) is 110 cm³/mol.